The molecule has 0 heterocycles. The molecule has 0 spiro atoms. The quantitative estimate of drug-likeness (QED) is 0.763. The van der Waals surface area contributed by atoms with E-state index < -0.39 is 7.60 Å². The molecule has 1 unspecified atom stereocenters. The third-order valence-electron chi connectivity index (χ3n) is 1.57. The van der Waals surface area contributed by atoms with Gasteiger partial charge in [-0.2, -0.15) is 0 Å². The zero-order valence-corrected chi connectivity index (χ0v) is 8.81. The second kappa shape index (κ2) is 5.15. The van der Waals surface area contributed by atoms with Crippen LogP contribution < -0.4 is 4.52 Å². The Morgan fingerprint density at radius 3 is 2.57 bits per heavy atom. The van der Waals surface area contributed by atoms with E-state index in [1.165, 1.54) is 7.11 Å². The van der Waals surface area contributed by atoms with Crippen molar-refractivity contribution in [1.29, 1.82) is 0 Å². The maximum Gasteiger partial charge on any atom is 0.378 e. The second-order valence-corrected chi connectivity index (χ2v) is 4.66. The van der Waals surface area contributed by atoms with Crippen molar-refractivity contribution in [3.63, 3.8) is 0 Å². The number of rotatable bonds is 5. The standard InChI is InChI=1S/C9H13O4P/c1-12-7-8-14(10,11)13-9-5-3-2-4-6-9/h2-6H,7-8H2,1H3,(H,10,11). The first-order valence-electron chi connectivity index (χ1n) is 4.19. The second-order valence-electron chi connectivity index (χ2n) is 2.76. The van der Waals surface area contributed by atoms with Gasteiger partial charge in [0.05, 0.1) is 12.8 Å². The van der Waals surface area contributed by atoms with Gasteiger partial charge in [0.15, 0.2) is 0 Å². The van der Waals surface area contributed by atoms with Gasteiger partial charge in [-0.3, -0.25) is 0 Å². The molecular formula is C9H13O4P. The highest BCUT2D eigenvalue weighted by atomic mass is 31.2. The van der Waals surface area contributed by atoms with E-state index in [2.05, 4.69) is 0 Å². The van der Waals surface area contributed by atoms with Gasteiger partial charge >= 0.3 is 7.60 Å². The van der Waals surface area contributed by atoms with E-state index in [1.54, 1.807) is 24.3 Å². The van der Waals surface area contributed by atoms with Crippen LogP contribution in [0.5, 0.6) is 5.75 Å². The van der Waals surface area contributed by atoms with Gasteiger partial charge < -0.3 is 14.2 Å². The molecule has 0 aromatic heterocycles. The van der Waals surface area contributed by atoms with Gasteiger partial charge in [0.25, 0.3) is 0 Å². The largest absolute Gasteiger partial charge is 0.424 e. The van der Waals surface area contributed by atoms with Gasteiger partial charge in [0, 0.05) is 7.11 Å². The zero-order valence-electron chi connectivity index (χ0n) is 7.92. The van der Waals surface area contributed by atoms with Crippen molar-refractivity contribution >= 4 is 7.60 Å². The Hall–Kier alpha value is -0.830. The van der Waals surface area contributed by atoms with Crippen molar-refractivity contribution in [3.8, 4) is 5.75 Å². The molecule has 1 atom stereocenters. The number of para-hydroxylation sites is 1. The summed E-state index contributed by atoms with van der Waals surface area (Å²) in [7, 11) is -2.08. The molecule has 78 valence electrons. The van der Waals surface area contributed by atoms with Gasteiger partial charge in [0.1, 0.15) is 5.75 Å². The first-order chi connectivity index (χ1) is 6.64. The molecule has 1 aromatic rings. The van der Waals surface area contributed by atoms with Crippen LogP contribution in [0, 0.1) is 0 Å². The average Bonchev–Trinajstić information content (AvgIpc) is 2.16. The summed E-state index contributed by atoms with van der Waals surface area (Å²) in [5.74, 6) is 0.398. The third kappa shape index (κ3) is 3.92. The molecule has 1 aromatic carbocycles. The SMILES string of the molecule is COCCP(=O)(O)Oc1ccccc1. The minimum atomic E-state index is -3.56. The van der Waals surface area contributed by atoms with E-state index in [0.29, 0.717) is 5.75 Å². The van der Waals surface area contributed by atoms with E-state index in [4.69, 9.17) is 9.26 Å². The molecule has 0 aliphatic carbocycles. The lowest BCUT2D eigenvalue weighted by atomic mass is 10.3. The molecule has 0 saturated carbocycles. The van der Waals surface area contributed by atoms with Gasteiger partial charge in [-0.05, 0) is 12.1 Å². The summed E-state index contributed by atoms with van der Waals surface area (Å²) in [4.78, 5) is 9.35. The average molecular weight is 216 g/mol. The molecule has 4 nitrogen and oxygen atoms in total. The van der Waals surface area contributed by atoms with Crippen LogP contribution in [0.15, 0.2) is 30.3 Å². The first kappa shape index (κ1) is 11.2. The molecule has 0 fully saturated rings. The van der Waals surface area contributed by atoms with Crippen LogP contribution in [0.3, 0.4) is 0 Å². The summed E-state index contributed by atoms with van der Waals surface area (Å²) in [6.45, 7) is 0.209. The maximum absolute atomic E-state index is 11.4. The molecule has 1 rings (SSSR count). The Balaban J connectivity index is 2.55. The first-order valence-corrected chi connectivity index (χ1v) is 5.96. The highest BCUT2D eigenvalue weighted by molar-refractivity contribution is 7.53. The number of ether oxygens (including phenoxy) is 1. The van der Waals surface area contributed by atoms with E-state index >= 15 is 0 Å². The highest BCUT2D eigenvalue weighted by Crippen LogP contribution is 2.41. The van der Waals surface area contributed by atoms with Gasteiger partial charge in [-0.15, -0.1) is 0 Å². The number of hydrogen-bond acceptors (Lipinski definition) is 3. The predicted molar refractivity (Wildman–Crippen MR) is 53.6 cm³/mol. The van der Waals surface area contributed by atoms with Gasteiger partial charge in [-0.1, -0.05) is 18.2 Å². The molecule has 14 heavy (non-hydrogen) atoms. The van der Waals surface area contributed by atoms with Gasteiger partial charge in [-0.25, -0.2) is 4.57 Å². The van der Waals surface area contributed by atoms with Crippen molar-refractivity contribution in [1.82, 2.24) is 0 Å². The monoisotopic (exact) mass is 216 g/mol. The Morgan fingerprint density at radius 1 is 1.36 bits per heavy atom. The Bertz CT molecular complexity index is 312. The summed E-state index contributed by atoms with van der Waals surface area (Å²) < 4.78 is 21.0. The van der Waals surface area contributed by atoms with Crippen LogP contribution in [0.25, 0.3) is 0 Å². The zero-order chi connectivity index (χ0) is 10.4. The van der Waals surface area contributed by atoms with Crippen LogP contribution in [0.2, 0.25) is 0 Å². The molecule has 0 aliphatic rings. The fourth-order valence-corrected chi connectivity index (χ4v) is 1.85. The predicted octanol–water partition coefficient (Wildman–Crippen LogP) is 1.90. The molecule has 0 bridgehead atoms. The van der Waals surface area contributed by atoms with E-state index in [0.717, 1.165) is 0 Å². The Kier molecular flexibility index (Phi) is 4.14. The van der Waals surface area contributed by atoms with E-state index in [9.17, 15) is 9.46 Å². The molecule has 0 saturated heterocycles. The summed E-state index contributed by atoms with van der Waals surface area (Å²) in [6.07, 6.45) is -0.00159. The fraction of sp³-hybridized carbons (Fsp3) is 0.333. The van der Waals surface area contributed by atoms with Crippen LogP contribution in [-0.2, 0) is 9.30 Å². The van der Waals surface area contributed by atoms with Gasteiger partial charge in [0.2, 0.25) is 0 Å². The summed E-state index contributed by atoms with van der Waals surface area (Å²) in [5.41, 5.74) is 0. The van der Waals surface area contributed by atoms with Crippen molar-refractivity contribution in [2.45, 2.75) is 0 Å². The molecular weight excluding hydrogens is 203 g/mol. The van der Waals surface area contributed by atoms with Crippen LogP contribution >= 0.6 is 7.60 Å². The minimum Gasteiger partial charge on any atom is -0.424 e. The highest BCUT2D eigenvalue weighted by Gasteiger charge is 2.19. The van der Waals surface area contributed by atoms with Crippen LogP contribution in [-0.4, -0.2) is 24.8 Å². The number of hydrogen-bond donors (Lipinski definition) is 1. The smallest absolute Gasteiger partial charge is 0.378 e. The van der Waals surface area contributed by atoms with Crippen molar-refractivity contribution in [2.75, 3.05) is 19.9 Å². The summed E-state index contributed by atoms with van der Waals surface area (Å²) >= 11 is 0. The Labute approximate surface area is 83.0 Å². The fourth-order valence-electron chi connectivity index (χ4n) is 0.898. The molecule has 1 N–H and O–H groups in total. The number of methoxy groups -OCH3 is 1. The molecule has 0 aliphatic heterocycles. The third-order valence-corrected chi connectivity index (χ3v) is 2.81. The Morgan fingerprint density at radius 2 is 2.00 bits per heavy atom. The molecule has 5 heteroatoms. The van der Waals surface area contributed by atoms with Crippen molar-refractivity contribution in [3.05, 3.63) is 30.3 Å². The summed E-state index contributed by atoms with van der Waals surface area (Å²) in [5, 5.41) is 0. The number of benzene rings is 1. The van der Waals surface area contributed by atoms with Crippen LogP contribution in [0.1, 0.15) is 0 Å². The molecule has 0 amide bonds. The topological polar surface area (TPSA) is 55.8 Å². The van der Waals surface area contributed by atoms with Crippen LogP contribution in [0.4, 0.5) is 0 Å². The molecule has 0 radical (unpaired) electrons. The minimum absolute atomic E-state index is 0.00159. The summed E-state index contributed by atoms with van der Waals surface area (Å²) in [6, 6.07) is 8.56. The lowest BCUT2D eigenvalue weighted by Crippen LogP contribution is -2.02. The lowest BCUT2D eigenvalue weighted by Gasteiger charge is -2.12. The normalized spacial score (nSPS) is 14.7. The lowest BCUT2D eigenvalue weighted by molar-refractivity contribution is 0.211. The van der Waals surface area contributed by atoms with E-state index in [-0.39, 0.29) is 12.8 Å². The van der Waals surface area contributed by atoms with Crippen molar-refractivity contribution in [2.24, 2.45) is 0 Å². The van der Waals surface area contributed by atoms with E-state index in [1.807, 2.05) is 6.07 Å². The van der Waals surface area contributed by atoms with Crippen molar-refractivity contribution < 1.29 is 18.7 Å². The maximum atomic E-state index is 11.4.